The monoisotopic (exact) mass is 252 g/mol. The van der Waals surface area contributed by atoms with Crippen LogP contribution in [0.15, 0.2) is 24.3 Å². The second kappa shape index (κ2) is 6.18. The molecular formula is C14H20O4. The third-order valence-electron chi connectivity index (χ3n) is 3.40. The van der Waals surface area contributed by atoms with Crippen LogP contribution >= 0.6 is 0 Å². The summed E-state index contributed by atoms with van der Waals surface area (Å²) in [7, 11) is 1.64. The van der Waals surface area contributed by atoms with Crippen molar-refractivity contribution in [3.05, 3.63) is 29.8 Å². The number of ether oxygens (including phenoxy) is 2. The van der Waals surface area contributed by atoms with Gasteiger partial charge >= 0.3 is 0 Å². The highest BCUT2D eigenvalue weighted by molar-refractivity contribution is 5.28. The summed E-state index contributed by atoms with van der Waals surface area (Å²) in [5.41, 5.74) is 1.09. The van der Waals surface area contributed by atoms with Gasteiger partial charge in [0.15, 0.2) is 0 Å². The highest BCUT2D eigenvalue weighted by Crippen LogP contribution is 2.33. The maximum Gasteiger partial charge on any atom is 0.118 e. The number of benzene rings is 1. The van der Waals surface area contributed by atoms with E-state index in [9.17, 15) is 5.11 Å². The van der Waals surface area contributed by atoms with Crippen molar-refractivity contribution >= 4 is 0 Å². The van der Waals surface area contributed by atoms with Gasteiger partial charge in [-0.2, -0.15) is 0 Å². The summed E-state index contributed by atoms with van der Waals surface area (Å²) in [5.74, 6) is 0.821. The van der Waals surface area contributed by atoms with Gasteiger partial charge in [0.05, 0.1) is 25.9 Å². The quantitative estimate of drug-likeness (QED) is 0.855. The summed E-state index contributed by atoms with van der Waals surface area (Å²) in [4.78, 5) is 0. The lowest BCUT2D eigenvalue weighted by Gasteiger charge is -2.32. The first-order valence-electron chi connectivity index (χ1n) is 6.33. The molecule has 1 aliphatic heterocycles. The summed E-state index contributed by atoms with van der Waals surface area (Å²) in [5, 5.41) is 18.6. The third-order valence-corrected chi connectivity index (χ3v) is 3.40. The standard InChI is InChI=1S/C14H20O4/c1-17-11-7-5-10(6-8-11)13-3-2-4-14(18-13)12(16)9-15/h5-8,12-16H,2-4,9H2,1H3/t12-,13-,14+/m0/s1. The van der Waals surface area contributed by atoms with Gasteiger partial charge in [-0.05, 0) is 37.0 Å². The van der Waals surface area contributed by atoms with Gasteiger partial charge in [-0.25, -0.2) is 0 Å². The highest BCUT2D eigenvalue weighted by Gasteiger charge is 2.28. The van der Waals surface area contributed by atoms with E-state index in [2.05, 4.69) is 0 Å². The maximum absolute atomic E-state index is 9.63. The normalized spacial score (nSPS) is 25.7. The summed E-state index contributed by atoms with van der Waals surface area (Å²) >= 11 is 0. The fourth-order valence-electron chi connectivity index (χ4n) is 2.32. The number of hydrogen-bond acceptors (Lipinski definition) is 4. The lowest BCUT2D eigenvalue weighted by molar-refractivity contribution is -0.118. The molecule has 0 aromatic heterocycles. The van der Waals surface area contributed by atoms with Crippen molar-refractivity contribution < 1.29 is 19.7 Å². The van der Waals surface area contributed by atoms with Crippen molar-refractivity contribution in [1.29, 1.82) is 0 Å². The van der Waals surface area contributed by atoms with Crippen molar-refractivity contribution in [2.45, 2.75) is 37.6 Å². The van der Waals surface area contributed by atoms with Gasteiger partial charge in [0, 0.05) is 0 Å². The Hall–Kier alpha value is -1.10. The molecule has 0 amide bonds. The van der Waals surface area contributed by atoms with Crippen molar-refractivity contribution in [2.24, 2.45) is 0 Å². The first-order valence-corrected chi connectivity index (χ1v) is 6.33. The largest absolute Gasteiger partial charge is 0.497 e. The molecule has 0 bridgehead atoms. The molecule has 4 heteroatoms. The Morgan fingerprint density at radius 3 is 2.67 bits per heavy atom. The molecule has 0 radical (unpaired) electrons. The van der Waals surface area contributed by atoms with Crippen LogP contribution in [0.5, 0.6) is 5.75 Å². The predicted octanol–water partition coefficient (Wildman–Crippen LogP) is 1.66. The van der Waals surface area contributed by atoms with E-state index in [1.54, 1.807) is 7.11 Å². The van der Waals surface area contributed by atoms with Crippen LogP contribution in [0.2, 0.25) is 0 Å². The third kappa shape index (κ3) is 3.02. The van der Waals surface area contributed by atoms with Gasteiger partial charge in [0.1, 0.15) is 11.9 Å². The fraction of sp³-hybridized carbons (Fsp3) is 0.571. The SMILES string of the molecule is COc1ccc([C@@H]2CCC[C@H]([C@@H](O)CO)O2)cc1. The summed E-state index contributed by atoms with van der Waals surface area (Å²) < 4.78 is 11.0. The Balaban J connectivity index is 2.03. The number of hydrogen-bond donors (Lipinski definition) is 2. The zero-order valence-electron chi connectivity index (χ0n) is 10.6. The number of rotatable bonds is 4. The van der Waals surface area contributed by atoms with Gasteiger partial charge in [-0.1, -0.05) is 12.1 Å². The number of aliphatic hydroxyl groups excluding tert-OH is 2. The van der Waals surface area contributed by atoms with E-state index in [1.807, 2.05) is 24.3 Å². The molecule has 0 unspecified atom stereocenters. The fourth-order valence-corrected chi connectivity index (χ4v) is 2.32. The molecule has 0 saturated carbocycles. The van der Waals surface area contributed by atoms with E-state index in [4.69, 9.17) is 14.6 Å². The van der Waals surface area contributed by atoms with Gasteiger partial charge in [-0.3, -0.25) is 0 Å². The Morgan fingerprint density at radius 2 is 2.06 bits per heavy atom. The number of aliphatic hydroxyl groups is 2. The summed E-state index contributed by atoms with van der Waals surface area (Å²) in [6.45, 7) is -0.250. The van der Waals surface area contributed by atoms with E-state index in [0.717, 1.165) is 30.6 Å². The van der Waals surface area contributed by atoms with Crippen LogP contribution in [-0.2, 0) is 4.74 Å². The molecule has 18 heavy (non-hydrogen) atoms. The van der Waals surface area contributed by atoms with Crippen LogP contribution in [-0.4, -0.2) is 36.1 Å². The second-order valence-corrected chi connectivity index (χ2v) is 4.62. The molecule has 100 valence electrons. The van der Waals surface area contributed by atoms with Crippen LogP contribution < -0.4 is 4.74 Å². The summed E-state index contributed by atoms with van der Waals surface area (Å²) in [6, 6.07) is 7.78. The van der Waals surface area contributed by atoms with Crippen LogP contribution in [0.25, 0.3) is 0 Å². The minimum atomic E-state index is -0.786. The molecule has 0 aliphatic carbocycles. The Labute approximate surface area is 107 Å². The smallest absolute Gasteiger partial charge is 0.118 e. The molecule has 3 atom stereocenters. The molecule has 1 aliphatic rings. The van der Waals surface area contributed by atoms with Crippen molar-refractivity contribution in [3.63, 3.8) is 0 Å². The zero-order chi connectivity index (χ0) is 13.0. The van der Waals surface area contributed by atoms with Gasteiger partial charge in [0.25, 0.3) is 0 Å². The minimum absolute atomic E-state index is 0.00384. The zero-order valence-corrected chi connectivity index (χ0v) is 10.6. The van der Waals surface area contributed by atoms with Crippen LogP contribution in [0, 0.1) is 0 Å². The molecule has 1 heterocycles. The topological polar surface area (TPSA) is 58.9 Å². The average molecular weight is 252 g/mol. The molecule has 4 nitrogen and oxygen atoms in total. The van der Waals surface area contributed by atoms with Gasteiger partial charge in [-0.15, -0.1) is 0 Å². The lowest BCUT2D eigenvalue weighted by Crippen LogP contribution is -2.35. The first kappa shape index (κ1) is 13.3. The van der Waals surface area contributed by atoms with Crippen LogP contribution in [0.3, 0.4) is 0 Å². The van der Waals surface area contributed by atoms with Crippen LogP contribution in [0.1, 0.15) is 30.9 Å². The first-order chi connectivity index (χ1) is 8.74. The van der Waals surface area contributed by atoms with Crippen molar-refractivity contribution in [3.8, 4) is 5.75 Å². The molecule has 2 rings (SSSR count). The van der Waals surface area contributed by atoms with Crippen molar-refractivity contribution in [2.75, 3.05) is 13.7 Å². The lowest BCUT2D eigenvalue weighted by atomic mass is 9.96. The molecule has 1 fully saturated rings. The highest BCUT2D eigenvalue weighted by atomic mass is 16.5. The Bertz CT molecular complexity index is 363. The van der Waals surface area contributed by atoms with Gasteiger partial charge < -0.3 is 19.7 Å². The second-order valence-electron chi connectivity index (χ2n) is 4.62. The molecule has 1 aromatic carbocycles. The molecular weight excluding hydrogens is 232 g/mol. The van der Waals surface area contributed by atoms with Crippen molar-refractivity contribution in [1.82, 2.24) is 0 Å². The molecule has 1 saturated heterocycles. The Morgan fingerprint density at radius 1 is 1.33 bits per heavy atom. The van der Waals surface area contributed by atoms with Crippen LogP contribution in [0.4, 0.5) is 0 Å². The van der Waals surface area contributed by atoms with E-state index in [0.29, 0.717) is 0 Å². The Kier molecular flexibility index (Phi) is 4.58. The summed E-state index contributed by atoms with van der Waals surface area (Å²) in [6.07, 6.45) is 1.69. The van der Waals surface area contributed by atoms with E-state index >= 15 is 0 Å². The molecule has 0 spiro atoms. The van der Waals surface area contributed by atoms with E-state index in [-0.39, 0.29) is 18.8 Å². The van der Waals surface area contributed by atoms with Gasteiger partial charge in [0.2, 0.25) is 0 Å². The predicted molar refractivity (Wildman–Crippen MR) is 67.6 cm³/mol. The molecule has 2 N–H and O–H groups in total. The average Bonchev–Trinajstić information content (AvgIpc) is 2.46. The van der Waals surface area contributed by atoms with E-state index < -0.39 is 6.10 Å². The molecule has 1 aromatic rings. The minimum Gasteiger partial charge on any atom is -0.497 e. The van der Waals surface area contributed by atoms with E-state index in [1.165, 1.54) is 0 Å². The maximum atomic E-state index is 9.63. The number of methoxy groups -OCH3 is 1.